The summed E-state index contributed by atoms with van der Waals surface area (Å²) in [6.45, 7) is 1.18. The number of pyridine rings is 1. The van der Waals surface area contributed by atoms with Gasteiger partial charge in [0.05, 0.1) is 18.3 Å². The summed E-state index contributed by atoms with van der Waals surface area (Å²) >= 11 is 1.78. The molecule has 206 valence electrons. The Morgan fingerprint density at radius 3 is 2.92 bits per heavy atom. The van der Waals surface area contributed by atoms with E-state index in [1.807, 2.05) is 0 Å². The van der Waals surface area contributed by atoms with Gasteiger partial charge in [0, 0.05) is 37.0 Å². The van der Waals surface area contributed by atoms with Crippen LogP contribution in [0.2, 0.25) is 0 Å². The van der Waals surface area contributed by atoms with Crippen LogP contribution >= 0.6 is 11.8 Å². The Kier molecular flexibility index (Phi) is 7.83. The molecule has 4 amide bonds. The summed E-state index contributed by atoms with van der Waals surface area (Å²) < 4.78 is 16.3. The molecule has 15 nitrogen and oxygen atoms in total. The van der Waals surface area contributed by atoms with E-state index in [4.69, 9.17) is 9.47 Å². The molecule has 0 radical (unpaired) electrons. The van der Waals surface area contributed by atoms with E-state index in [1.165, 1.54) is 19.2 Å². The van der Waals surface area contributed by atoms with Crippen molar-refractivity contribution in [1.29, 1.82) is 0 Å². The van der Waals surface area contributed by atoms with Crippen molar-refractivity contribution in [1.82, 2.24) is 36.6 Å². The van der Waals surface area contributed by atoms with Crippen LogP contribution in [0, 0.1) is 0 Å². The largest absolute Gasteiger partial charge is 0.461 e. The van der Waals surface area contributed by atoms with E-state index < -0.39 is 36.6 Å². The molecule has 3 saturated heterocycles. The number of hydrogen-bond donors (Lipinski definition) is 6. The average molecular weight is 552 g/mol. The van der Waals surface area contributed by atoms with Gasteiger partial charge in [-0.05, 0) is 23.2 Å². The summed E-state index contributed by atoms with van der Waals surface area (Å²) in [5.74, 6) is 0.361. The highest BCUT2D eigenvalue weighted by Gasteiger charge is 2.46. The van der Waals surface area contributed by atoms with E-state index in [0.717, 1.165) is 12.2 Å². The third-order valence-corrected chi connectivity index (χ3v) is 8.25. The Hall–Kier alpha value is -3.21. The van der Waals surface area contributed by atoms with Crippen molar-refractivity contribution in [3.05, 3.63) is 12.3 Å². The van der Waals surface area contributed by atoms with Gasteiger partial charge in [-0.3, -0.25) is 9.59 Å². The van der Waals surface area contributed by atoms with Crippen LogP contribution in [0.3, 0.4) is 0 Å². The normalized spacial score (nSPS) is 32.3. The Morgan fingerprint density at radius 1 is 1.26 bits per heavy atom. The highest BCUT2D eigenvalue weighted by molar-refractivity contribution is 8.00. The second kappa shape index (κ2) is 11.3. The number of rotatable bonds is 9. The van der Waals surface area contributed by atoms with Crippen LogP contribution in [-0.2, 0) is 14.3 Å². The number of thioether (sulfide) groups is 1. The minimum atomic E-state index is -1.44. The van der Waals surface area contributed by atoms with Crippen molar-refractivity contribution in [3.8, 4) is 5.75 Å². The van der Waals surface area contributed by atoms with E-state index in [0.29, 0.717) is 11.9 Å². The molecule has 5 heterocycles. The van der Waals surface area contributed by atoms with Crippen molar-refractivity contribution in [2.24, 2.45) is 0 Å². The molecule has 2 unspecified atom stereocenters. The predicted molar refractivity (Wildman–Crippen MR) is 131 cm³/mol. The zero-order chi connectivity index (χ0) is 26.8. The molecule has 6 N–H and O–H groups in total. The van der Waals surface area contributed by atoms with Gasteiger partial charge in [0.1, 0.15) is 30.1 Å². The highest BCUT2D eigenvalue weighted by Crippen LogP contribution is 2.33. The summed E-state index contributed by atoms with van der Waals surface area (Å²) in [5, 5.41) is 40.0. The summed E-state index contributed by atoms with van der Waals surface area (Å²) in [6.07, 6.45) is -2.05. The number of aromatic nitrogens is 3. The first-order chi connectivity index (χ1) is 18.3. The first kappa shape index (κ1) is 26.4. The van der Waals surface area contributed by atoms with Gasteiger partial charge in [0.2, 0.25) is 23.8 Å². The topological polar surface area (TPSA) is 210 Å². The minimum absolute atomic E-state index is 0.0767. The number of nitrogens with one attached hydrogen (secondary N) is 4. The molecule has 3 fully saturated rings. The molecule has 0 spiro atoms. The number of nitrogens with zero attached hydrogens (tertiary/aromatic N) is 3. The van der Waals surface area contributed by atoms with E-state index in [9.17, 15) is 24.6 Å². The summed E-state index contributed by atoms with van der Waals surface area (Å²) in [6, 6.07) is 0.460. The fraction of sp³-hybridized carbons (Fsp3) is 0.636. The molecular formula is C22H29N7O8S. The molecule has 38 heavy (non-hydrogen) atoms. The lowest BCUT2D eigenvalue weighted by Gasteiger charge is -2.42. The number of ether oxygens (including phenoxy) is 2. The van der Waals surface area contributed by atoms with Gasteiger partial charge in [0.15, 0.2) is 5.52 Å². The van der Waals surface area contributed by atoms with Gasteiger partial charge in [-0.2, -0.15) is 11.8 Å². The minimum Gasteiger partial charge on any atom is -0.461 e. The predicted octanol–water partition coefficient (Wildman–Crippen LogP) is -1.60. The number of aliphatic hydroxyl groups excluding tert-OH is 2. The maximum atomic E-state index is 12.5. The van der Waals surface area contributed by atoms with Crippen molar-refractivity contribution in [2.75, 3.05) is 12.3 Å². The smallest absolute Gasteiger partial charge is 0.315 e. The third-order valence-electron chi connectivity index (χ3n) is 6.74. The zero-order valence-electron chi connectivity index (χ0n) is 20.4. The summed E-state index contributed by atoms with van der Waals surface area (Å²) in [7, 11) is 0. The van der Waals surface area contributed by atoms with Gasteiger partial charge in [-0.15, -0.1) is 0 Å². The van der Waals surface area contributed by atoms with E-state index in [1.54, 1.807) is 11.8 Å². The molecule has 3 aliphatic rings. The van der Waals surface area contributed by atoms with Gasteiger partial charge in [0.25, 0.3) is 0 Å². The maximum absolute atomic E-state index is 12.5. The Balaban J connectivity index is 1.15. The maximum Gasteiger partial charge on any atom is 0.315 e. The molecule has 0 aromatic carbocycles. The van der Waals surface area contributed by atoms with Crippen LogP contribution < -0.4 is 26.0 Å². The van der Waals surface area contributed by atoms with Crippen molar-refractivity contribution < 1.29 is 38.7 Å². The molecule has 2 aromatic rings. The molecule has 8 atom stereocenters. The lowest BCUT2D eigenvalue weighted by Crippen LogP contribution is -2.66. The number of amides is 4. The Bertz CT molecular complexity index is 1180. The average Bonchev–Trinajstić information content (AvgIpc) is 3.59. The molecule has 0 aliphatic carbocycles. The van der Waals surface area contributed by atoms with E-state index >= 15 is 0 Å². The van der Waals surface area contributed by atoms with Gasteiger partial charge in [-0.25, -0.2) is 14.4 Å². The molecule has 5 rings (SSSR count). The lowest BCUT2D eigenvalue weighted by atomic mass is 9.96. The standard InChI is InChI=1S/C22H29N7O8S/c1-9(30)25-17-19(33)18(32)13(36-21(17)35-10-5-11-20(24-6-10)29-37-28-11)7-23-15(31)4-2-3-14-16-12(8-38-14)26-22(34)27-16/h5-6,12-14,16-19,21,32-33H,2-4,7-8H2,1H3,(H,23,31)(H,25,30)(H2,26,27,34)/t12-,13?,14-,16-,17?,18+,19+,21+/m0/s1. The number of aliphatic hydroxyl groups is 2. The molecule has 3 aliphatic heterocycles. The first-order valence-corrected chi connectivity index (χ1v) is 13.3. The number of carbonyl (C=O) groups is 3. The number of urea groups is 1. The molecule has 0 saturated carbocycles. The SMILES string of the molecule is CC(=O)NC1[C@H](Oc2cnc3nonc3c2)OC(CNC(=O)CCC[C@@H]2SC[C@@H]3NC(=O)N[C@@H]32)[C@@H](O)[C@@H]1O. The second-order valence-corrected chi connectivity index (χ2v) is 10.7. The van der Waals surface area contributed by atoms with Gasteiger partial charge >= 0.3 is 6.03 Å². The second-order valence-electron chi connectivity index (χ2n) is 9.46. The molecule has 2 aromatic heterocycles. The summed E-state index contributed by atoms with van der Waals surface area (Å²) in [5.41, 5.74) is 0.601. The van der Waals surface area contributed by atoms with Crippen LogP contribution in [0.15, 0.2) is 16.9 Å². The van der Waals surface area contributed by atoms with Crippen LogP contribution in [-0.4, -0.2) is 104 Å². The molecular weight excluding hydrogens is 522 g/mol. The molecule has 16 heteroatoms. The third kappa shape index (κ3) is 5.77. The van der Waals surface area contributed by atoms with Crippen LogP contribution in [0.4, 0.5) is 4.79 Å². The fourth-order valence-electron chi connectivity index (χ4n) is 4.87. The van der Waals surface area contributed by atoms with Crippen LogP contribution in [0.1, 0.15) is 26.2 Å². The highest BCUT2D eigenvalue weighted by atomic mass is 32.2. The quantitative estimate of drug-likeness (QED) is 0.195. The van der Waals surface area contributed by atoms with Crippen LogP contribution in [0.25, 0.3) is 11.2 Å². The Morgan fingerprint density at radius 2 is 2.11 bits per heavy atom. The van der Waals surface area contributed by atoms with Crippen molar-refractivity contribution in [3.63, 3.8) is 0 Å². The van der Waals surface area contributed by atoms with Crippen molar-refractivity contribution >= 4 is 40.8 Å². The van der Waals surface area contributed by atoms with E-state index in [2.05, 4.69) is 41.2 Å². The van der Waals surface area contributed by atoms with Crippen molar-refractivity contribution in [2.45, 2.75) is 74.2 Å². The number of fused-ring (bicyclic) bond motifs is 2. The first-order valence-electron chi connectivity index (χ1n) is 12.3. The van der Waals surface area contributed by atoms with Crippen LogP contribution in [0.5, 0.6) is 5.75 Å². The fourth-order valence-corrected chi connectivity index (χ4v) is 6.41. The number of hydrogen-bond acceptors (Lipinski definition) is 12. The monoisotopic (exact) mass is 551 g/mol. The molecule has 0 bridgehead atoms. The van der Waals surface area contributed by atoms with Gasteiger partial charge < -0.3 is 41.0 Å². The summed E-state index contributed by atoms with van der Waals surface area (Å²) in [4.78, 5) is 39.8. The van der Waals surface area contributed by atoms with Gasteiger partial charge in [-0.1, -0.05) is 0 Å². The number of carbonyl (C=O) groups excluding carboxylic acids is 3. The lowest BCUT2D eigenvalue weighted by molar-refractivity contribution is -0.235. The zero-order valence-corrected chi connectivity index (χ0v) is 21.2. The van der Waals surface area contributed by atoms with E-state index in [-0.39, 0.29) is 53.6 Å². The Labute approximate surface area is 220 Å².